The molecule has 1 N–H and O–H groups in total. The molecule has 2 rings (SSSR count). The van der Waals surface area contributed by atoms with E-state index in [0.717, 1.165) is 6.42 Å². The zero-order valence-electron chi connectivity index (χ0n) is 16.4. The number of amides is 3. The number of carbonyl (C=O) groups is 3. The summed E-state index contributed by atoms with van der Waals surface area (Å²) in [5, 5.41) is 2.82. The number of ether oxygens (including phenoxy) is 2. The van der Waals surface area contributed by atoms with E-state index in [1.165, 1.54) is 16.9 Å². The highest BCUT2D eigenvalue weighted by Gasteiger charge is 2.36. The number of carbonyl (C=O) groups excluding carboxylic acids is 3. The van der Waals surface area contributed by atoms with Crippen LogP contribution in [0.5, 0.6) is 0 Å². The zero-order chi connectivity index (χ0) is 20.2. The maximum atomic E-state index is 12.6. The second-order valence-corrected chi connectivity index (χ2v) is 7.40. The first-order valence-corrected chi connectivity index (χ1v) is 8.84. The van der Waals surface area contributed by atoms with Crippen LogP contribution in [0.4, 0.5) is 21.0 Å². The molecule has 1 aliphatic heterocycles. The lowest BCUT2D eigenvalue weighted by Crippen LogP contribution is -2.45. The minimum Gasteiger partial charge on any atom is -0.452 e. The molecule has 8 heteroatoms. The van der Waals surface area contributed by atoms with Crippen molar-refractivity contribution < 1.29 is 23.9 Å². The summed E-state index contributed by atoms with van der Waals surface area (Å²) in [4.78, 5) is 39.3. The first-order chi connectivity index (χ1) is 12.6. The van der Waals surface area contributed by atoms with Crippen LogP contribution >= 0.6 is 0 Å². The van der Waals surface area contributed by atoms with Crippen LogP contribution in [-0.2, 0) is 14.3 Å². The standard InChI is InChI=1S/C19H27N3O5/c1-19(2,3)27-18(25)22-12-6-7-15(22)16(23)20-13-8-10-14(11-9-13)21(4)17(24)26-5/h8-11,15H,6-7,12H2,1-5H3,(H,20,23)/t15-/m0/s1. The fourth-order valence-electron chi connectivity index (χ4n) is 2.81. The van der Waals surface area contributed by atoms with Crippen LogP contribution in [0, 0.1) is 0 Å². The molecule has 1 fully saturated rings. The summed E-state index contributed by atoms with van der Waals surface area (Å²) < 4.78 is 10.1. The third-order valence-electron chi connectivity index (χ3n) is 4.15. The molecular weight excluding hydrogens is 350 g/mol. The minimum atomic E-state index is -0.609. The number of hydrogen-bond donors (Lipinski definition) is 1. The second-order valence-electron chi connectivity index (χ2n) is 7.40. The highest BCUT2D eigenvalue weighted by molar-refractivity contribution is 5.97. The van der Waals surface area contributed by atoms with Gasteiger partial charge in [0.2, 0.25) is 5.91 Å². The van der Waals surface area contributed by atoms with Gasteiger partial charge in [0.05, 0.1) is 7.11 Å². The zero-order valence-corrected chi connectivity index (χ0v) is 16.4. The van der Waals surface area contributed by atoms with Gasteiger partial charge in [0, 0.05) is 25.0 Å². The molecule has 27 heavy (non-hydrogen) atoms. The number of nitrogens with one attached hydrogen (secondary N) is 1. The van der Waals surface area contributed by atoms with Crippen molar-refractivity contribution in [3.8, 4) is 0 Å². The van der Waals surface area contributed by atoms with E-state index in [1.807, 2.05) is 0 Å². The van der Waals surface area contributed by atoms with E-state index in [0.29, 0.717) is 24.3 Å². The molecule has 148 valence electrons. The average molecular weight is 377 g/mol. The summed E-state index contributed by atoms with van der Waals surface area (Å²) in [7, 11) is 2.90. The van der Waals surface area contributed by atoms with Crippen molar-refractivity contribution >= 4 is 29.5 Å². The average Bonchev–Trinajstić information content (AvgIpc) is 3.09. The maximum Gasteiger partial charge on any atom is 0.413 e. The molecule has 8 nitrogen and oxygen atoms in total. The number of nitrogens with zero attached hydrogens (tertiary/aromatic N) is 2. The Bertz CT molecular complexity index is 696. The number of methoxy groups -OCH3 is 1. The Morgan fingerprint density at radius 2 is 1.81 bits per heavy atom. The molecule has 0 saturated carbocycles. The van der Waals surface area contributed by atoms with Crippen LogP contribution in [0.3, 0.4) is 0 Å². The van der Waals surface area contributed by atoms with Gasteiger partial charge in [0.15, 0.2) is 0 Å². The highest BCUT2D eigenvalue weighted by Crippen LogP contribution is 2.23. The van der Waals surface area contributed by atoms with Gasteiger partial charge in [-0.1, -0.05) is 0 Å². The van der Waals surface area contributed by atoms with Crippen LogP contribution in [0.15, 0.2) is 24.3 Å². The Balaban J connectivity index is 2.01. The van der Waals surface area contributed by atoms with Gasteiger partial charge in [0.1, 0.15) is 11.6 Å². The van der Waals surface area contributed by atoms with Crippen LogP contribution in [0.1, 0.15) is 33.6 Å². The van der Waals surface area contributed by atoms with Crippen molar-refractivity contribution in [2.45, 2.75) is 45.3 Å². The molecule has 0 aliphatic carbocycles. The topological polar surface area (TPSA) is 88.2 Å². The van der Waals surface area contributed by atoms with Crippen LogP contribution < -0.4 is 10.2 Å². The Labute approximate surface area is 159 Å². The van der Waals surface area contributed by atoms with Crippen molar-refractivity contribution in [1.29, 1.82) is 0 Å². The monoisotopic (exact) mass is 377 g/mol. The predicted molar refractivity (Wildman–Crippen MR) is 102 cm³/mol. The normalized spacial score (nSPS) is 16.6. The van der Waals surface area contributed by atoms with E-state index < -0.39 is 23.8 Å². The first kappa shape index (κ1) is 20.5. The van der Waals surface area contributed by atoms with Crippen molar-refractivity contribution in [2.24, 2.45) is 0 Å². The summed E-state index contributed by atoms with van der Waals surface area (Å²) in [6.07, 6.45) is 0.384. The molecule has 0 unspecified atom stereocenters. The number of benzene rings is 1. The Kier molecular flexibility index (Phi) is 6.30. The fourth-order valence-corrected chi connectivity index (χ4v) is 2.81. The number of hydrogen-bond acceptors (Lipinski definition) is 5. The van der Waals surface area contributed by atoms with E-state index in [2.05, 4.69) is 10.1 Å². The van der Waals surface area contributed by atoms with Crippen molar-refractivity contribution in [3.05, 3.63) is 24.3 Å². The Morgan fingerprint density at radius 1 is 1.19 bits per heavy atom. The fraction of sp³-hybridized carbons (Fsp3) is 0.526. The molecular formula is C19H27N3O5. The van der Waals surface area contributed by atoms with Gasteiger partial charge >= 0.3 is 12.2 Å². The molecule has 1 aromatic carbocycles. The largest absolute Gasteiger partial charge is 0.452 e. The number of anilines is 2. The van der Waals surface area contributed by atoms with E-state index in [4.69, 9.17) is 4.74 Å². The molecule has 1 aromatic rings. The second kappa shape index (κ2) is 8.28. The Morgan fingerprint density at radius 3 is 2.37 bits per heavy atom. The summed E-state index contributed by atoms with van der Waals surface area (Å²) in [6, 6.07) is 6.23. The minimum absolute atomic E-state index is 0.257. The van der Waals surface area contributed by atoms with Gasteiger partial charge in [0.25, 0.3) is 0 Å². The SMILES string of the molecule is COC(=O)N(C)c1ccc(NC(=O)[C@@H]2CCCN2C(=O)OC(C)(C)C)cc1. The van der Waals surface area contributed by atoms with Gasteiger partial charge in [-0.15, -0.1) is 0 Å². The lowest BCUT2D eigenvalue weighted by atomic mass is 10.2. The molecule has 1 atom stereocenters. The number of likely N-dealkylation sites (tertiary alicyclic amines) is 1. The molecule has 0 radical (unpaired) electrons. The van der Waals surface area contributed by atoms with E-state index >= 15 is 0 Å². The number of rotatable bonds is 3. The highest BCUT2D eigenvalue weighted by atomic mass is 16.6. The molecule has 1 saturated heterocycles. The first-order valence-electron chi connectivity index (χ1n) is 8.84. The van der Waals surface area contributed by atoms with E-state index in [1.54, 1.807) is 52.1 Å². The predicted octanol–water partition coefficient (Wildman–Crippen LogP) is 3.23. The summed E-state index contributed by atoms with van der Waals surface area (Å²) in [5.74, 6) is -0.257. The quantitative estimate of drug-likeness (QED) is 0.874. The molecule has 3 amide bonds. The maximum absolute atomic E-state index is 12.6. The van der Waals surface area contributed by atoms with Gasteiger partial charge in [-0.25, -0.2) is 9.59 Å². The van der Waals surface area contributed by atoms with Gasteiger partial charge in [-0.2, -0.15) is 0 Å². The van der Waals surface area contributed by atoms with E-state index in [-0.39, 0.29) is 5.91 Å². The van der Waals surface area contributed by atoms with Gasteiger partial charge < -0.3 is 14.8 Å². The third-order valence-corrected chi connectivity index (χ3v) is 4.15. The van der Waals surface area contributed by atoms with Crippen LogP contribution in [0.2, 0.25) is 0 Å². The lowest BCUT2D eigenvalue weighted by Gasteiger charge is -2.28. The molecule has 0 bridgehead atoms. The smallest absolute Gasteiger partial charge is 0.413 e. The Hall–Kier alpha value is -2.77. The van der Waals surface area contributed by atoms with Crippen molar-refractivity contribution in [1.82, 2.24) is 4.90 Å². The molecule has 0 aromatic heterocycles. The third kappa shape index (κ3) is 5.35. The van der Waals surface area contributed by atoms with Gasteiger partial charge in [-0.3, -0.25) is 14.6 Å². The summed E-state index contributed by atoms with van der Waals surface area (Å²) in [6.45, 7) is 5.88. The molecule has 0 spiro atoms. The van der Waals surface area contributed by atoms with Gasteiger partial charge in [-0.05, 0) is 57.9 Å². The molecule has 1 heterocycles. The van der Waals surface area contributed by atoms with Crippen molar-refractivity contribution in [3.63, 3.8) is 0 Å². The summed E-state index contributed by atoms with van der Waals surface area (Å²) in [5.41, 5.74) is 0.608. The van der Waals surface area contributed by atoms with Crippen LogP contribution in [0.25, 0.3) is 0 Å². The van der Waals surface area contributed by atoms with E-state index in [9.17, 15) is 14.4 Å². The molecule has 1 aliphatic rings. The lowest BCUT2D eigenvalue weighted by molar-refractivity contribution is -0.120. The van der Waals surface area contributed by atoms with Crippen molar-refractivity contribution in [2.75, 3.05) is 30.9 Å². The van der Waals surface area contributed by atoms with Crippen LogP contribution in [-0.4, -0.2) is 55.3 Å². The summed E-state index contributed by atoms with van der Waals surface area (Å²) >= 11 is 0.